The normalized spacial score (nSPS) is 18.1. The third kappa shape index (κ3) is 24.9. The first-order valence-corrected chi connectivity index (χ1v) is 28.2. The quantitative estimate of drug-likeness (QED) is 0.0871. The Morgan fingerprint density at radius 1 is 0.500 bits per heavy atom. The van der Waals surface area contributed by atoms with Crippen LogP contribution in [0.5, 0.6) is 0 Å². The van der Waals surface area contributed by atoms with Gasteiger partial charge in [0.25, 0.3) is 0 Å². The molecule has 440 valence electrons. The molecule has 3 rings (SSSR count). The fourth-order valence-corrected chi connectivity index (χ4v) is 10.3. The van der Waals surface area contributed by atoms with Crippen molar-refractivity contribution in [2.45, 2.75) is 85.4 Å². The predicted molar refractivity (Wildman–Crippen MR) is 220 cm³/mol. The zero-order valence-corrected chi connectivity index (χ0v) is 42.3. The van der Waals surface area contributed by atoms with E-state index in [0.29, 0.717) is 0 Å². The Morgan fingerprint density at radius 2 is 0.838 bits per heavy atom. The number of halogens is 18. The molecule has 0 amide bonds. The van der Waals surface area contributed by atoms with E-state index in [2.05, 4.69) is 48.2 Å². The summed E-state index contributed by atoms with van der Waals surface area (Å²) in [6.07, 6.45) is 22.3. The smallest absolute Gasteiger partial charge is 0.421 e. The van der Waals surface area contributed by atoms with Gasteiger partial charge in [0.15, 0.2) is 60.1 Å². The van der Waals surface area contributed by atoms with Gasteiger partial charge in [-0.25, -0.2) is 50.5 Å². The van der Waals surface area contributed by atoms with Gasteiger partial charge in [0.1, 0.15) is 18.9 Å². The highest BCUT2D eigenvalue weighted by Gasteiger charge is 2.49. The number of nitrogens with one attached hydrogen (secondary N) is 2. The fraction of sp³-hybridized carbons (Fsp3) is 0.767. The minimum atomic E-state index is -6.72. The second-order valence-electron chi connectivity index (χ2n) is 14.3. The van der Waals surface area contributed by atoms with E-state index in [4.69, 9.17) is 4.74 Å². The number of rotatable bonds is 18. The van der Waals surface area contributed by atoms with Crippen LogP contribution in [0.1, 0.15) is 52.4 Å². The number of imidazole rings is 1. The fourth-order valence-electron chi connectivity index (χ4n) is 5.17. The summed E-state index contributed by atoms with van der Waals surface area (Å²) in [7, 11) is -40.3. The number of aromatic amines is 2. The number of allylic oxidation sites excluding steroid dienone is 2. The summed E-state index contributed by atoms with van der Waals surface area (Å²) in [4.78, 5) is 5.61. The summed E-state index contributed by atoms with van der Waals surface area (Å²) >= 11 is 0. The van der Waals surface area contributed by atoms with Gasteiger partial charge in [-0.1, -0.05) is 6.08 Å². The van der Waals surface area contributed by atoms with E-state index in [1.54, 1.807) is 6.33 Å². The van der Waals surface area contributed by atoms with Gasteiger partial charge in [-0.15, -0.1) is 0 Å². The standard InChI is InChI=1S/C21H40N2O.C3H4N2.3C2F6NO4S2/c1-3-22(14-6-5-7-15-22)18-10-12-20-24-21-13-11-19-23(4-2)16-8-9-17-23;1-2-5-3-4-1;3*3-1(4,5)14(10,11)9-15(12,13)2(6,7)8/h5-7,14H,3-4,8-13,15-21H2,1-2H3;1-3H,(H,4,5);;;/q+2;;3*-1/p+1. The zero-order chi connectivity index (χ0) is 58.8. The number of aromatic nitrogens is 2. The number of hydrogen-bond acceptors (Lipinski definition) is 13. The maximum absolute atomic E-state index is 11.4. The van der Waals surface area contributed by atoms with Crippen molar-refractivity contribution in [2.75, 3.05) is 59.0 Å². The van der Waals surface area contributed by atoms with Gasteiger partial charge in [-0.3, -0.25) is 14.5 Å². The summed E-state index contributed by atoms with van der Waals surface area (Å²) in [5, 5.41) is 0. The first kappa shape index (κ1) is 73.0. The lowest BCUT2D eigenvalue weighted by molar-refractivity contribution is -0.915. The van der Waals surface area contributed by atoms with Crippen molar-refractivity contribution < 1.29 is 148 Å². The number of likely N-dealkylation sites (N-methyl/N-ethyl adjacent to an activating group) is 1. The molecular weight excluding hydrogens is 1200 g/mol. The highest BCUT2D eigenvalue weighted by Crippen LogP contribution is 2.38. The molecule has 0 radical (unpaired) electrons. The molecule has 0 bridgehead atoms. The lowest BCUT2D eigenvalue weighted by Gasteiger charge is -2.34. The van der Waals surface area contributed by atoms with Gasteiger partial charge >= 0.3 is 33.0 Å². The molecule has 0 spiro atoms. The molecule has 0 saturated carbocycles. The Morgan fingerprint density at radius 3 is 1.07 bits per heavy atom. The van der Waals surface area contributed by atoms with Crippen molar-refractivity contribution in [1.82, 2.24) is 4.98 Å². The maximum Gasteiger partial charge on any atom is 0.480 e. The molecule has 1 aromatic heterocycles. The van der Waals surface area contributed by atoms with Crippen molar-refractivity contribution in [3.8, 4) is 0 Å². The van der Waals surface area contributed by atoms with E-state index < -0.39 is 93.2 Å². The molecule has 2 N–H and O–H groups in total. The number of quaternary nitrogens is 2. The molecule has 74 heavy (non-hydrogen) atoms. The molecule has 20 nitrogen and oxygen atoms in total. The third-order valence-electron chi connectivity index (χ3n) is 9.03. The molecule has 1 saturated heterocycles. The second-order valence-corrected chi connectivity index (χ2v) is 24.6. The number of hydrogen-bond donors (Lipinski definition) is 1. The van der Waals surface area contributed by atoms with Crippen LogP contribution in [-0.4, -0.2) is 157 Å². The molecular formula is C30H45F18N7O13S6. The highest BCUT2D eigenvalue weighted by molar-refractivity contribution is 8.14. The summed E-state index contributed by atoms with van der Waals surface area (Å²) in [5.41, 5.74) is -37.2. The molecule has 44 heteroatoms. The number of sulfonamides is 6. The minimum absolute atomic E-state index is 0.778. The Bertz CT molecular complexity index is 2250. The summed E-state index contributed by atoms with van der Waals surface area (Å²) in [5.74, 6) is 0. The Kier molecular flexibility index (Phi) is 27.6. The lowest BCUT2D eigenvalue weighted by Crippen LogP contribution is -2.45. The van der Waals surface area contributed by atoms with Gasteiger partial charge in [0.2, 0.25) is 6.33 Å². The predicted octanol–water partition coefficient (Wildman–Crippen LogP) is 7.12. The molecule has 2 aliphatic heterocycles. The van der Waals surface area contributed by atoms with E-state index >= 15 is 0 Å². The van der Waals surface area contributed by atoms with Crippen LogP contribution in [-0.2, 0) is 64.9 Å². The van der Waals surface area contributed by atoms with Crippen LogP contribution in [0.2, 0.25) is 0 Å². The lowest BCUT2D eigenvalue weighted by atomic mass is 10.2. The van der Waals surface area contributed by atoms with Gasteiger partial charge in [0.05, 0.1) is 45.5 Å². The molecule has 2 aliphatic rings. The SMILES string of the molecule is CC[N+]1(CCCCOCCCC[N+]2(CC)CCCC2)C=CC=CC1.O=S(=O)([N-]S(=O)(=O)C(F)(F)F)C(F)(F)F.O=S(=O)([N-]S(=O)(=O)C(F)(F)F)C(F)(F)F.O=S(=O)([N-]S(=O)(=O)C(F)(F)F)C(F)(F)F.c1c[nH+]c[nH]1. The molecule has 3 heterocycles. The van der Waals surface area contributed by atoms with Crippen LogP contribution in [0, 0.1) is 0 Å². The van der Waals surface area contributed by atoms with E-state index in [0.717, 1.165) is 36.6 Å². The Balaban J connectivity index is 0. The largest absolute Gasteiger partial charge is 0.480 e. The summed E-state index contributed by atoms with van der Waals surface area (Å²) < 4.78 is 336. The van der Waals surface area contributed by atoms with Gasteiger partial charge in [-0.05, 0) is 51.7 Å². The molecule has 0 aromatic carbocycles. The van der Waals surface area contributed by atoms with Crippen LogP contribution in [0.15, 0.2) is 43.1 Å². The Labute approximate surface area is 412 Å². The van der Waals surface area contributed by atoms with Crippen molar-refractivity contribution in [2.24, 2.45) is 0 Å². The molecule has 1 atom stereocenters. The van der Waals surface area contributed by atoms with Crippen LogP contribution >= 0.6 is 0 Å². The van der Waals surface area contributed by atoms with Gasteiger partial charge in [0, 0.05) is 26.1 Å². The molecule has 1 unspecified atom stereocenters. The van der Waals surface area contributed by atoms with E-state index in [1.807, 2.05) is 12.4 Å². The average molecular weight is 1250 g/mol. The van der Waals surface area contributed by atoms with Crippen LogP contribution < -0.4 is 4.98 Å². The van der Waals surface area contributed by atoms with E-state index in [-0.39, 0.29) is 0 Å². The molecule has 1 fully saturated rings. The van der Waals surface area contributed by atoms with Crippen LogP contribution in [0.4, 0.5) is 79.0 Å². The van der Waals surface area contributed by atoms with Crippen molar-refractivity contribution >= 4 is 60.1 Å². The maximum atomic E-state index is 11.4. The number of nitrogens with zero attached hydrogens (tertiary/aromatic N) is 5. The molecule has 1 aromatic rings. The summed E-state index contributed by atoms with van der Waals surface area (Å²) in [6.45, 7) is 15.7. The monoisotopic (exact) mass is 1250 g/mol. The average Bonchev–Trinajstić information content (AvgIpc) is 3.95. The van der Waals surface area contributed by atoms with Crippen molar-refractivity contribution in [1.29, 1.82) is 0 Å². The topological polar surface area (TPSA) is 286 Å². The number of ether oxygens (including phenoxy) is 1. The van der Waals surface area contributed by atoms with Crippen LogP contribution in [0.3, 0.4) is 0 Å². The van der Waals surface area contributed by atoms with E-state index in [9.17, 15) is 130 Å². The minimum Gasteiger partial charge on any atom is -0.421 e. The second kappa shape index (κ2) is 28.0. The van der Waals surface area contributed by atoms with Gasteiger partial charge in [-0.2, -0.15) is 79.0 Å². The first-order valence-electron chi connectivity index (χ1n) is 19.6. The van der Waals surface area contributed by atoms with Crippen molar-refractivity contribution in [3.63, 3.8) is 0 Å². The molecule has 0 aliphatic carbocycles. The van der Waals surface area contributed by atoms with Crippen LogP contribution in [0.25, 0.3) is 12.4 Å². The number of H-pyrrole nitrogens is 2. The van der Waals surface area contributed by atoms with Crippen molar-refractivity contribution in [3.05, 3.63) is 55.5 Å². The number of alkyl halides is 18. The number of unbranched alkanes of at least 4 members (excludes halogenated alkanes) is 2. The van der Waals surface area contributed by atoms with Gasteiger partial charge < -0.3 is 21.6 Å². The third-order valence-corrected chi connectivity index (χ3v) is 17.3. The zero-order valence-electron chi connectivity index (χ0n) is 37.4. The summed E-state index contributed by atoms with van der Waals surface area (Å²) in [6, 6.07) is 0. The highest BCUT2D eigenvalue weighted by atomic mass is 32.3. The number of likely N-dealkylation sites (tertiary alicyclic amines) is 1. The first-order chi connectivity index (χ1) is 32.9. The Hall–Kier alpha value is -3.11. The van der Waals surface area contributed by atoms with E-state index in [1.165, 1.54) is 82.3 Å².